The maximum Gasteiger partial charge on any atom is 0.255 e. The number of methoxy groups -OCH3 is 4. The Morgan fingerprint density at radius 3 is 2.15 bits per heavy atom. The number of phenols is 1. The number of rotatable bonds is 11. The van der Waals surface area contributed by atoms with Crippen molar-refractivity contribution in [3.8, 4) is 5.75 Å². The number of benzene rings is 1. The first-order valence-electron chi connectivity index (χ1n) is 13.1. The molecule has 0 heterocycles. The van der Waals surface area contributed by atoms with E-state index in [1.807, 2.05) is 4.90 Å². The first kappa shape index (κ1) is 30.6. The van der Waals surface area contributed by atoms with Crippen molar-refractivity contribution in [1.29, 1.82) is 0 Å². The van der Waals surface area contributed by atoms with E-state index >= 15 is 0 Å². The van der Waals surface area contributed by atoms with Gasteiger partial charge in [0, 0.05) is 52.9 Å². The third-order valence-corrected chi connectivity index (χ3v) is 8.30. The van der Waals surface area contributed by atoms with Crippen molar-refractivity contribution in [3.05, 3.63) is 45.7 Å². The summed E-state index contributed by atoms with van der Waals surface area (Å²) in [6.07, 6.45) is -1.27. The highest BCUT2D eigenvalue weighted by molar-refractivity contribution is 6.22. The van der Waals surface area contributed by atoms with Gasteiger partial charge in [-0.2, -0.15) is 0 Å². The Bertz CT molecular complexity index is 1280. The molecule has 0 radical (unpaired) electrons. The standard InChI is InChI=1S/C28H36N2O11/c1-38-19(39-2)11-30(12-20(40-3)41-4)10-13-5-6-17(31)22-16(13)8-14-7-15-9-18(32)23(27(29)36)26(35)28(15,37)25(34)21(14)24(22)33/h5-6,14-15,19-20,31,33,35,37H,7-12H2,1-4H3,(H2,29,36). The molecule has 0 saturated heterocycles. The number of hydrogen-bond donors (Lipinski definition) is 5. The number of carbonyl (C=O) groups excluding carboxylic acids is 3. The molecule has 1 fully saturated rings. The van der Waals surface area contributed by atoms with E-state index in [-0.39, 0.29) is 36.1 Å². The SMILES string of the molecule is COC(CN(Cc1ccc(O)c2c1CC1CC3CC(=O)C(C(N)=O)=C(O)C3(O)C(=O)C1=C2O)CC(OC)OC)OC. The summed E-state index contributed by atoms with van der Waals surface area (Å²) in [5.41, 5.74) is 2.95. The lowest BCUT2D eigenvalue weighted by molar-refractivity contribution is -0.148. The van der Waals surface area contributed by atoms with Crippen LogP contribution in [0.4, 0.5) is 0 Å². The summed E-state index contributed by atoms with van der Waals surface area (Å²) in [6.45, 7) is 0.952. The number of primary amides is 1. The summed E-state index contributed by atoms with van der Waals surface area (Å²) in [4.78, 5) is 40.1. The van der Waals surface area contributed by atoms with Crippen LogP contribution in [0.3, 0.4) is 0 Å². The van der Waals surface area contributed by atoms with Crippen molar-refractivity contribution in [2.24, 2.45) is 17.6 Å². The van der Waals surface area contributed by atoms with Crippen LogP contribution in [0.1, 0.15) is 29.5 Å². The third kappa shape index (κ3) is 5.25. The lowest BCUT2D eigenvalue weighted by Gasteiger charge is -2.46. The number of fused-ring (bicyclic) bond motifs is 3. The minimum Gasteiger partial charge on any atom is -0.508 e. The number of nitrogens with zero attached hydrogens (tertiary/aromatic N) is 1. The van der Waals surface area contributed by atoms with Crippen LogP contribution in [0.25, 0.3) is 5.76 Å². The minimum atomic E-state index is -2.61. The molecule has 0 aliphatic heterocycles. The van der Waals surface area contributed by atoms with Gasteiger partial charge in [-0.3, -0.25) is 19.3 Å². The van der Waals surface area contributed by atoms with Crippen LogP contribution in [-0.2, 0) is 46.3 Å². The fourth-order valence-corrected chi connectivity index (χ4v) is 6.19. The molecule has 1 aromatic carbocycles. The van der Waals surface area contributed by atoms with E-state index in [9.17, 15) is 34.8 Å². The Labute approximate surface area is 236 Å². The Hall–Kier alpha value is -3.33. The molecule has 3 aliphatic rings. The number of aromatic hydroxyl groups is 1. The van der Waals surface area contributed by atoms with Crippen molar-refractivity contribution in [3.63, 3.8) is 0 Å². The summed E-state index contributed by atoms with van der Waals surface area (Å²) in [6, 6.07) is 3.10. The van der Waals surface area contributed by atoms with Gasteiger partial charge in [-0.15, -0.1) is 0 Å². The smallest absolute Gasteiger partial charge is 0.255 e. The highest BCUT2D eigenvalue weighted by atomic mass is 16.7. The Kier molecular flexibility index (Phi) is 8.87. The molecule has 13 nitrogen and oxygen atoms in total. The van der Waals surface area contributed by atoms with E-state index in [0.717, 1.165) is 5.56 Å². The summed E-state index contributed by atoms with van der Waals surface area (Å²) in [5, 5.41) is 44.3. The monoisotopic (exact) mass is 576 g/mol. The van der Waals surface area contributed by atoms with Gasteiger partial charge < -0.3 is 45.1 Å². The predicted molar refractivity (Wildman–Crippen MR) is 142 cm³/mol. The number of aliphatic hydroxyl groups is 3. The van der Waals surface area contributed by atoms with E-state index in [2.05, 4.69) is 0 Å². The maximum absolute atomic E-state index is 13.7. The van der Waals surface area contributed by atoms with Crippen molar-refractivity contribution in [2.45, 2.75) is 44.0 Å². The molecule has 1 amide bonds. The van der Waals surface area contributed by atoms with Gasteiger partial charge in [0.25, 0.3) is 5.91 Å². The van der Waals surface area contributed by atoms with Gasteiger partial charge in [0.2, 0.25) is 5.78 Å². The van der Waals surface area contributed by atoms with Crippen LogP contribution in [0.15, 0.2) is 29.0 Å². The maximum atomic E-state index is 13.7. The molecule has 1 aromatic rings. The van der Waals surface area contributed by atoms with Gasteiger partial charge in [-0.05, 0) is 36.0 Å². The number of ether oxygens (including phenoxy) is 4. The molecule has 3 atom stereocenters. The van der Waals surface area contributed by atoms with E-state index in [1.165, 1.54) is 34.5 Å². The number of Topliss-reactive ketones (excluding diaryl/α,β-unsaturated/α-hetero) is 2. The van der Waals surface area contributed by atoms with Crippen molar-refractivity contribution in [1.82, 2.24) is 4.90 Å². The number of aliphatic hydroxyl groups excluding tert-OH is 2. The van der Waals surface area contributed by atoms with Crippen LogP contribution >= 0.6 is 0 Å². The zero-order chi connectivity index (χ0) is 30.2. The highest BCUT2D eigenvalue weighted by Crippen LogP contribution is 2.52. The van der Waals surface area contributed by atoms with Crippen molar-refractivity contribution < 1.29 is 53.8 Å². The van der Waals surface area contributed by atoms with Gasteiger partial charge in [-0.25, -0.2) is 0 Å². The Balaban J connectivity index is 1.78. The molecule has 13 heteroatoms. The topological polar surface area (TPSA) is 198 Å². The van der Waals surface area contributed by atoms with Crippen LogP contribution in [0, 0.1) is 11.8 Å². The normalized spacial score (nSPS) is 24.3. The molecule has 1 saturated carbocycles. The second-order valence-corrected chi connectivity index (χ2v) is 10.5. The molecule has 0 bridgehead atoms. The van der Waals surface area contributed by atoms with E-state index in [0.29, 0.717) is 25.2 Å². The highest BCUT2D eigenvalue weighted by Gasteiger charge is 2.60. The van der Waals surface area contributed by atoms with E-state index in [1.54, 1.807) is 6.07 Å². The summed E-state index contributed by atoms with van der Waals surface area (Å²) in [5.74, 6) is -6.68. The molecule has 41 heavy (non-hydrogen) atoms. The number of hydrogen-bond acceptors (Lipinski definition) is 12. The molecule has 3 unspecified atom stereocenters. The second-order valence-electron chi connectivity index (χ2n) is 10.5. The van der Waals surface area contributed by atoms with Crippen LogP contribution in [-0.4, -0.2) is 103 Å². The fourth-order valence-electron chi connectivity index (χ4n) is 6.19. The van der Waals surface area contributed by atoms with Crippen molar-refractivity contribution >= 4 is 23.2 Å². The zero-order valence-corrected chi connectivity index (χ0v) is 23.4. The van der Waals surface area contributed by atoms with Crippen molar-refractivity contribution in [2.75, 3.05) is 41.5 Å². The lowest BCUT2D eigenvalue weighted by atomic mass is 9.59. The van der Waals surface area contributed by atoms with Gasteiger partial charge in [-0.1, -0.05) is 6.07 Å². The molecule has 4 rings (SSSR count). The van der Waals surface area contributed by atoms with Gasteiger partial charge >= 0.3 is 0 Å². The first-order valence-corrected chi connectivity index (χ1v) is 13.1. The van der Waals surface area contributed by atoms with Crippen LogP contribution in [0.2, 0.25) is 0 Å². The van der Waals surface area contributed by atoms with Gasteiger partial charge in [0.1, 0.15) is 22.8 Å². The quantitative estimate of drug-likeness (QED) is 0.180. The average molecular weight is 577 g/mol. The molecular formula is C28H36N2O11. The zero-order valence-electron chi connectivity index (χ0n) is 23.4. The summed E-state index contributed by atoms with van der Waals surface area (Å²) >= 11 is 0. The van der Waals surface area contributed by atoms with E-state index < -0.39 is 64.6 Å². The summed E-state index contributed by atoms with van der Waals surface area (Å²) in [7, 11) is 6.06. The predicted octanol–water partition coefficient (Wildman–Crippen LogP) is 0.464. The van der Waals surface area contributed by atoms with E-state index in [4.69, 9.17) is 24.7 Å². The number of phenolic OH excluding ortho intramolecular Hbond substituents is 1. The molecule has 0 spiro atoms. The van der Waals surface area contributed by atoms with Gasteiger partial charge in [0.05, 0.1) is 18.7 Å². The number of nitrogens with two attached hydrogens (primary N) is 1. The van der Waals surface area contributed by atoms with Crippen LogP contribution < -0.4 is 5.73 Å². The Morgan fingerprint density at radius 2 is 1.61 bits per heavy atom. The fraction of sp³-hybridized carbons (Fsp3) is 0.536. The molecule has 0 aromatic heterocycles. The molecule has 6 N–H and O–H groups in total. The second kappa shape index (κ2) is 11.9. The Morgan fingerprint density at radius 1 is 1.02 bits per heavy atom. The number of ketones is 2. The molecule has 3 aliphatic carbocycles. The lowest BCUT2D eigenvalue weighted by Crippen LogP contribution is -2.58. The van der Waals surface area contributed by atoms with Crippen LogP contribution in [0.5, 0.6) is 5.75 Å². The largest absolute Gasteiger partial charge is 0.508 e. The number of amides is 1. The molecule has 224 valence electrons. The third-order valence-electron chi connectivity index (χ3n) is 8.30. The number of carbonyl (C=O) groups is 3. The first-order chi connectivity index (χ1) is 19.4. The summed E-state index contributed by atoms with van der Waals surface area (Å²) < 4.78 is 21.5. The van der Waals surface area contributed by atoms with Gasteiger partial charge in [0.15, 0.2) is 24.0 Å². The molecular weight excluding hydrogens is 540 g/mol. The minimum absolute atomic E-state index is 0.0275. The average Bonchev–Trinajstić information content (AvgIpc) is 2.93.